The number of esters is 1. The smallest absolute Gasteiger partial charge is 0.351 e. The number of nitrogens with one attached hydrogen (secondary N) is 2. The molecule has 1 aromatic carbocycles. The predicted octanol–water partition coefficient (Wildman–Crippen LogP) is 1.15. The van der Waals surface area contributed by atoms with Crippen molar-refractivity contribution in [2.24, 2.45) is 5.11 Å². The molecule has 3 heterocycles. The number of ether oxygens (including phenoxy) is 2. The molecule has 3 aromatic rings. The maximum atomic E-state index is 14.7. The largest absolute Gasteiger partial charge is 0.467 e. The summed E-state index contributed by atoms with van der Waals surface area (Å²) in [4.78, 5) is 34.5. The van der Waals surface area contributed by atoms with Crippen LogP contribution < -0.4 is 11.0 Å². The standard InChI is InChI=1S/C21H22FN7O6/c1-34-19(32)14(9-12-8-11-4-2-3-5-13(11)24-12)25-15-6-7-29(20(33)26-15)18-16(22)17(31)21(10-30,35-18)27-28-23/h2-8,14,16-18,24,30-31H,9-10H2,1H3,(H,25,26,33)/t14-,16+,17?,18?,21-/m1/s1. The summed E-state index contributed by atoms with van der Waals surface area (Å²) in [5.74, 6) is -0.585. The van der Waals surface area contributed by atoms with Gasteiger partial charge in [-0.15, -0.1) is 0 Å². The van der Waals surface area contributed by atoms with Crippen molar-refractivity contribution >= 4 is 22.7 Å². The molecule has 2 unspecified atom stereocenters. The molecule has 1 aliphatic rings. The van der Waals surface area contributed by atoms with Crippen LogP contribution >= 0.6 is 0 Å². The molecule has 0 amide bonds. The Morgan fingerprint density at radius 3 is 2.91 bits per heavy atom. The first-order valence-corrected chi connectivity index (χ1v) is 10.5. The molecular formula is C21H22FN7O6. The normalized spacial score (nSPS) is 24.6. The number of benzene rings is 1. The van der Waals surface area contributed by atoms with E-state index in [-0.39, 0.29) is 12.2 Å². The van der Waals surface area contributed by atoms with Crippen molar-refractivity contribution in [1.82, 2.24) is 14.5 Å². The van der Waals surface area contributed by atoms with Gasteiger partial charge in [0.1, 0.15) is 18.0 Å². The third-order valence-corrected chi connectivity index (χ3v) is 5.72. The van der Waals surface area contributed by atoms with Crippen molar-refractivity contribution in [3.8, 4) is 0 Å². The van der Waals surface area contributed by atoms with Crippen molar-refractivity contribution in [2.45, 2.75) is 36.7 Å². The van der Waals surface area contributed by atoms with Crippen LogP contribution in [-0.2, 0) is 20.7 Å². The topological polar surface area (TPSA) is 187 Å². The zero-order valence-electron chi connectivity index (χ0n) is 18.4. The van der Waals surface area contributed by atoms with Gasteiger partial charge in [0.15, 0.2) is 12.4 Å². The zero-order chi connectivity index (χ0) is 25.2. The Labute approximate surface area is 196 Å². The average Bonchev–Trinajstić information content (AvgIpc) is 3.37. The van der Waals surface area contributed by atoms with E-state index in [2.05, 4.69) is 25.3 Å². The summed E-state index contributed by atoms with van der Waals surface area (Å²) in [6, 6.07) is 9.88. The summed E-state index contributed by atoms with van der Waals surface area (Å²) < 4.78 is 25.6. The van der Waals surface area contributed by atoms with Crippen LogP contribution in [0.2, 0.25) is 0 Å². The summed E-state index contributed by atoms with van der Waals surface area (Å²) >= 11 is 0. The monoisotopic (exact) mass is 487 g/mol. The highest BCUT2D eigenvalue weighted by Crippen LogP contribution is 2.39. The highest BCUT2D eigenvalue weighted by Gasteiger charge is 2.56. The highest BCUT2D eigenvalue weighted by molar-refractivity contribution is 5.82. The second-order valence-corrected chi connectivity index (χ2v) is 7.90. The summed E-state index contributed by atoms with van der Waals surface area (Å²) in [5, 5.41) is 26.5. The van der Waals surface area contributed by atoms with Gasteiger partial charge in [0, 0.05) is 28.7 Å². The Balaban J connectivity index is 1.56. The Hall–Kier alpha value is -3.97. The zero-order valence-corrected chi connectivity index (χ0v) is 18.4. The molecule has 0 radical (unpaired) electrons. The van der Waals surface area contributed by atoms with Crippen LogP contribution in [0.3, 0.4) is 0 Å². The quantitative estimate of drug-likeness (QED) is 0.158. The molecule has 1 aliphatic heterocycles. The number of carbonyl (C=O) groups is 1. The van der Waals surface area contributed by atoms with Crippen LogP contribution in [0.1, 0.15) is 11.9 Å². The number of nitrogens with zero attached hydrogens (tertiary/aromatic N) is 5. The van der Waals surface area contributed by atoms with Crippen LogP contribution in [0, 0.1) is 0 Å². The number of hydrogen-bond acceptors (Lipinski definition) is 9. The molecule has 1 saturated heterocycles. The number of para-hydroxylation sites is 1. The fraction of sp³-hybridized carbons (Fsp3) is 0.381. The number of H-pyrrole nitrogens is 1. The van der Waals surface area contributed by atoms with Gasteiger partial charge in [0.05, 0.1) is 13.7 Å². The number of rotatable bonds is 8. The Kier molecular flexibility index (Phi) is 6.71. The van der Waals surface area contributed by atoms with Gasteiger partial charge in [-0.3, -0.25) is 4.57 Å². The van der Waals surface area contributed by atoms with Crippen molar-refractivity contribution in [3.63, 3.8) is 0 Å². The number of aliphatic hydroxyl groups excluding tert-OH is 2. The third-order valence-electron chi connectivity index (χ3n) is 5.72. The van der Waals surface area contributed by atoms with Crippen LogP contribution in [-0.4, -0.2) is 68.5 Å². The molecule has 4 N–H and O–H groups in total. The number of alkyl halides is 1. The van der Waals surface area contributed by atoms with Gasteiger partial charge < -0.3 is 30.0 Å². The summed E-state index contributed by atoms with van der Waals surface area (Å²) in [6.45, 7) is -1.01. The minimum Gasteiger partial charge on any atom is -0.467 e. The lowest BCUT2D eigenvalue weighted by molar-refractivity contribution is -0.141. The third kappa shape index (κ3) is 4.55. The number of carbonyl (C=O) groups excluding carboxylic acids is 1. The number of azide groups is 1. The van der Waals surface area contributed by atoms with Crippen molar-refractivity contribution in [2.75, 3.05) is 19.0 Å². The molecule has 5 atom stereocenters. The maximum Gasteiger partial charge on any atom is 0.351 e. The van der Waals surface area contributed by atoms with Crippen LogP contribution in [0.5, 0.6) is 0 Å². The van der Waals surface area contributed by atoms with Gasteiger partial charge >= 0.3 is 11.7 Å². The lowest BCUT2D eigenvalue weighted by Crippen LogP contribution is -2.43. The molecular weight excluding hydrogens is 465 g/mol. The summed E-state index contributed by atoms with van der Waals surface area (Å²) in [5.41, 5.74) is 7.05. The van der Waals surface area contributed by atoms with Crippen LogP contribution in [0.4, 0.5) is 10.2 Å². The number of methoxy groups -OCH3 is 1. The van der Waals surface area contributed by atoms with E-state index >= 15 is 0 Å². The Morgan fingerprint density at radius 1 is 1.49 bits per heavy atom. The molecule has 13 nitrogen and oxygen atoms in total. The minimum atomic E-state index is -2.29. The number of aromatic nitrogens is 3. The number of fused-ring (bicyclic) bond motifs is 1. The first kappa shape index (κ1) is 24.2. The summed E-state index contributed by atoms with van der Waals surface area (Å²) in [7, 11) is 1.23. The van der Waals surface area contributed by atoms with E-state index in [0.29, 0.717) is 0 Å². The molecule has 4 rings (SSSR count). The Morgan fingerprint density at radius 2 is 2.26 bits per heavy atom. The van der Waals surface area contributed by atoms with Gasteiger partial charge in [-0.25, -0.2) is 14.0 Å². The van der Waals surface area contributed by atoms with E-state index in [1.165, 1.54) is 13.2 Å². The molecule has 0 saturated carbocycles. The van der Waals surface area contributed by atoms with E-state index in [0.717, 1.165) is 27.4 Å². The molecule has 184 valence electrons. The summed E-state index contributed by atoms with van der Waals surface area (Å²) in [6.07, 6.45) is -4.59. The van der Waals surface area contributed by atoms with E-state index in [4.69, 9.17) is 15.0 Å². The molecule has 0 aliphatic carbocycles. The first-order chi connectivity index (χ1) is 16.8. The van der Waals surface area contributed by atoms with Gasteiger partial charge in [-0.05, 0) is 29.1 Å². The molecule has 2 aromatic heterocycles. The van der Waals surface area contributed by atoms with Gasteiger partial charge in [0.2, 0.25) is 5.72 Å². The lowest BCUT2D eigenvalue weighted by Gasteiger charge is -2.23. The molecule has 0 spiro atoms. The van der Waals surface area contributed by atoms with Gasteiger partial charge in [-0.1, -0.05) is 23.3 Å². The lowest BCUT2D eigenvalue weighted by atomic mass is 10.1. The van der Waals surface area contributed by atoms with Gasteiger partial charge in [-0.2, -0.15) is 4.98 Å². The van der Waals surface area contributed by atoms with Crippen molar-refractivity contribution in [3.05, 3.63) is 69.2 Å². The van der Waals surface area contributed by atoms with Crippen molar-refractivity contribution in [1.29, 1.82) is 0 Å². The fourth-order valence-electron chi connectivity index (χ4n) is 3.94. The van der Waals surface area contributed by atoms with Crippen molar-refractivity contribution < 1.29 is 28.9 Å². The number of aromatic amines is 1. The molecule has 14 heteroatoms. The molecule has 0 bridgehead atoms. The maximum absolute atomic E-state index is 14.7. The van der Waals surface area contributed by atoms with Crippen LogP contribution in [0.15, 0.2) is 52.5 Å². The SMILES string of the molecule is COC(=O)[C@@H](Cc1cc2ccccc2[nH]1)Nc1ccn(C2O[C@@](CO)(N=[N+]=[N-])C(O)[C@@H]2F)c(=O)n1. The second kappa shape index (κ2) is 9.72. The van der Waals surface area contributed by atoms with Gasteiger partial charge in [0.25, 0.3) is 0 Å². The predicted molar refractivity (Wildman–Crippen MR) is 120 cm³/mol. The number of anilines is 1. The average molecular weight is 487 g/mol. The number of hydrogen-bond donors (Lipinski definition) is 4. The minimum absolute atomic E-state index is 0.00943. The Bertz CT molecular complexity index is 1310. The highest BCUT2D eigenvalue weighted by atomic mass is 19.1. The number of aliphatic hydroxyl groups is 2. The van der Waals surface area contributed by atoms with E-state index < -0.39 is 48.5 Å². The second-order valence-electron chi connectivity index (χ2n) is 7.90. The van der Waals surface area contributed by atoms with E-state index in [9.17, 15) is 24.2 Å². The fourth-order valence-corrected chi connectivity index (χ4v) is 3.94. The van der Waals surface area contributed by atoms with E-state index in [1.807, 2.05) is 30.3 Å². The van der Waals surface area contributed by atoms with Crippen LogP contribution in [0.25, 0.3) is 21.3 Å². The number of halogens is 1. The van der Waals surface area contributed by atoms with E-state index in [1.54, 1.807) is 0 Å². The molecule has 1 fully saturated rings. The molecule has 35 heavy (non-hydrogen) atoms. The first-order valence-electron chi connectivity index (χ1n) is 10.5.